The summed E-state index contributed by atoms with van der Waals surface area (Å²) in [5.41, 5.74) is 8.30. The van der Waals surface area contributed by atoms with Gasteiger partial charge in [-0.3, -0.25) is 14.3 Å². The molecule has 1 aliphatic heterocycles. The van der Waals surface area contributed by atoms with E-state index in [4.69, 9.17) is 9.72 Å². The van der Waals surface area contributed by atoms with Crippen LogP contribution in [-0.2, 0) is 37.5 Å². The monoisotopic (exact) mass is 622 g/mol. The zero-order valence-corrected chi connectivity index (χ0v) is 27.2. The Labute approximate surface area is 269 Å². The molecule has 0 radical (unpaired) electrons. The Morgan fingerprint density at radius 3 is 2.43 bits per heavy atom. The van der Waals surface area contributed by atoms with Crippen LogP contribution in [0.3, 0.4) is 0 Å². The van der Waals surface area contributed by atoms with Crippen LogP contribution in [0.5, 0.6) is 5.75 Å². The molecule has 2 amide bonds. The molecular weight excluding hydrogens is 580 g/mol. The van der Waals surface area contributed by atoms with Gasteiger partial charge in [0.25, 0.3) is 5.91 Å². The topological polar surface area (TPSA) is 126 Å². The van der Waals surface area contributed by atoms with Crippen molar-refractivity contribution < 1.29 is 14.3 Å². The van der Waals surface area contributed by atoms with E-state index in [-0.39, 0.29) is 17.7 Å². The molecule has 1 saturated heterocycles. The van der Waals surface area contributed by atoms with Crippen molar-refractivity contribution in [3.8, 4) is 17.1 Å². The number of benzene rings is 2. The van der Waals surface area contributed by atoms with E-state index in [0.717, 1.165) is 78.1 Å². The Bertz CT molecular complexity index is 1750. The maximum atomic E-state index is 13.6. The lowest BCUT2D eigenvalue weighted by atomic mass is 9.93. The highest BCUT2D eigenvalue weighted by Gasteiger charge is 2.30. The Kier molecular flexibility index (Phi) is 9.03. The lowest BCUT2D eigenvalue weighted by Gasteiger charge is -2.28. The van der Waals surface area contributed by atoms with Crippen LogP contribution in [-0.4, -0.2) is 63.7 Å². The summed E-state index contributed by atoms with van der Waals surface area (Å²) in [5, 5.41) is 14.2. The molecule has 2 aliphatic rings. The fourth-order valence-corrected chi connectivity index (χ4v) is 6.48. The van der Waals surface area contributed by atoms with Gasteiger partial charge in [-0.15, -0.1) is 0 Å². The molecule has 0 atom stereocenters. The molecule has 46 heavy (non-hydrogen) atoms. The third kappa shape index (κ3) is 6.19. The first kappa shape index (κ1) is 31.2. The smallest absolute Gasteiger partial charge is 0.276 e. The van der Waals surface area contributed by atoms with Crippen LogP contribution in [0.4, 0.5) is 23.0 Å². The highest BCUT2D eigenvalue weighted by Crippen LogP contribution is 2.36. The van der Waals surface area contributed by atoms with E-state index in [0.29, 0.717) is 41.6 Å². The second kappa shape index (κ2) is 13.3. The average Bonchev–Trinajstić information content (AvgIpc) is 3.42. The number of fused-ring (bicyclic) bond motifs is 3. The Morgan fingerprint density at radius 1 is 1.00 bits per heavy atom. The zero-order valence-electron chi connectivity index (χ0n) is 27.2. The number of piperidine rings is 1. The number of hydrogen-bond acceptors (Lipinski definition) is 8. The number of amides is 2. The molecular formula is C35H42N8O3. The summed E-state index contributed by atoms with van der Waals surface area (Å²) in [7, 11) is 5.52. The fourth-order valence-electron chi connectivity index (χ4n) is 6.48. The fraction of sp³-hybridized carbons (Fsp3) is 0.400. The lowest BCUT2D eigenvalue weighted by molar-refractivity contribution is -0.121. The minimum Gasteiger partial charge on any atom is -0.494 e. The number of hydrogen-bond donors (Lipinski definition) is 3. The summed E-state index contributed by atoms with van der Waals surface area (Å²) in [5.74, 6) is 0.782. The summed E-state index contributed by atoms with van der Waals surface area (Å²) < 4.78 is 7.41. The van der Waals surface area contributed by atoms with E-state index in [9.17, 15) is 9.59 Å². The van der Waals surface area contributed by atoms with Crippen LogP contribution in [0.1, 0.15) is 59.4 Å². The minimum absolute atomic E-state index is 0.00772. The number of anilines is 4. The average molecular weight is 623 g/mol. The van der Waals surface area contributed by atoms with Gasteiger partial charge < -0.3 is 25.6 Å². The molecule has 2 aromatic carbocycles. The molecule has 6 rings (SSSR count). The van der Waals surface area contributed by atoms with Crippen molar-refractivity contribution in [3.63, 3.8) is 0 Å². The number of methoxy groups -OCH3 is 1. The van der Waals surface area contributed by atoms with Crippen molar-refractivity contribution in [1.82, 2.24) is 24.6 Å². The molecule has 4 aromatic rings. The third-order valence-electron chi connectivity index (χ3n) is 9.14. The van der Waals surface area contributed by atoms with Gasteiger partial charge in [0.1, 0.15) is 5.75 Å². The highest BCUT2D eigenvalue weighted by atomic mass is 16.5. The molecule has 0 unspecified atom stereocenters. The maximum absolute atomic E-state index is 13.6. The number of aryl methyl sites for hydroxylation is 4. The summed E-state index contributed by atoms with van der Waals surface area (Å²) in [6.45, 7) is 6.03. The molecule has 11 nitrogen and oxygen atoms in total. The van der Waals surface area contributed by atoms with Crippen molar-refractivity contribution in [2.45, 2.75) is 52.4 Å². The number of nitrogens with zero attached hydrogens (tertiary/aromatic N) is 5. The van der Waals surface area contributed by atoms with E-state index < -0.39 is 0 Å². The predicted molar refractivity (Wildman–Crippen MR) is 180 cm³/mol. The molecule has 0 bridgehead atoms. The van der Waals surface area contributed by atoms with E-state index in [1.807, 2.05) is 31.4 Å². The molecule has 0 spiro atoms. The summed E-state index contributed by atoms with van der Waals surface area (Å²) >= 11 is 0. The number of nitrogens with one attached hydrogen (secondary N) is 3. The van der Waals surface area contributed by atoms with Gasteiger partial charge in [0.05, 0.1) is 24.2 Å². The van der Waals surface area contributed by atoms with Crippen LogP contribution in [0.15, 0.2) is 42.6 Å². The molecule has 240 valence electrons. The van der Waals surface area contributed by atoms with Crippen molar-refractivity contribution in [2.75, 3.05) is 43.2 Å². The van der Waals surface area contributed by atoms with Crippen LogP contribution >= 0.6 is 0 Å². The predicted octanol–water partition coefficient (Wildman–Crippen LogP) is 5.39. The SMILES string of the molecule is CCc1cccc(CC)c1NC(=O)c1nn(C)c2c1CCc1cnc(Nc3ccc(NC(=O)C4CCN(C)CC4)cc3OC)nc1-2. The Morgan fingerprint density at radius 2 is 1.74 bits per heavy atom. The molecule has 11 heteroatoms. The highest BCUT2D eigenvalue weighted by molar-refractivity contribution is 6.06. The van der Waals surface area contributed by atoms with E-state index in [1.54, 1.807) is 17.9 Å². The zero-order chi connectivity index (χ0) is 32.4. The van der Waals surface area contributed by atoms with Crippen molar-refractivity contribution >= 4 is 34.8 Å². The summed E-state index contributed by atoms with van der Waals surface area (Å²) in [4.78, 5) is 38.2. The van der Waals surface area contributed by atoms with Gasteiger partial charge in [0.15, 0.2) is 5.69 Å². The van der Waals surface area contributed by atoms with Gasteiger partial charge in [-0.2, -0.15) is 5.10 Å². The largest absolute Gasteiger partial charge is 0.494 e. The maximum Gasteiger partial charge on any atom is 0.276 e. The van der Waals surface area contributed by atoms with Gasteiger partial charge >= 0.3 is 0 Å². The van der Waals surface area contributed by atoms with Crippen LogP contribution in [0.2, 0.25) is 0 Å². The van der Waals surface area contributed by atoms with Gasteiger partial charge in [-0.25, -0.2) is 9.97 Å². The molecule has 0 saturated carbocycles. The van der Waals surface area contributed by atoms with Crippen molar-refractivity contribution in [1.29, 1.82) is 0 Å². The first-order chi connectivity index (χ1) is 22.3. The number of likely N-dealkylation sites (tertiary alicyclic amines) is 1. The van der Waals surface area contributed by atoms with Crippen LogP contribution in [0, 0.1) is 5.92 Å². The number of para-hydroxylation sites is 1. The minimum atomic E-state index is -0.212. The normalized spacial score (nSPS) is 14.7. The molecule has 1 aliphatic carbocycles. The van der Waals surface area contributed by atoms with Crippen LogP contribution in [0.25, 0.3) is 11.4 Å². The molecule has 3 N–H and O–H groups in total. The first-order valence-electron chi connectivity index (χ1n) is 16.1. The number of carbonyl (C=O) groups excluding carboxylic acids is 2. The van der Waals surface area contributed by atoms with Gasteiger partial charge in [0.2, 0.25) is 11.9 Å². The second-order valence-electron chi connectivity index (χ2n) is 12.1. The van der Waals surface area contributed by atoms with Gasteiger partial charge in [0, 0.05) is 42.2 Å². The molecule has 1 fully saturated rings. The lowest BCUT2D eigenvalue weighted by Crippen LogP contribution is -2.35. The van der Waals surface area contributed by atoms with Crippen molar-refractivity contribution in [3.05, 3.63) is 70.5 Å². The van der Waals surface area contributed by atoms with Crippen molar-refractivity contribution in [2.24, 2.45) is 13.0 Å². The Hall–Kier alpha value is -4.77. The van der Waals surface area contributed by atoms with E-state index >= 15 is 0 Å². The number of rotatable bonds is 9. The third-order valence-corrected chi connectivity index (χ3v) is 9.14. The van der Waals surface area contributed by atoms with E-state index in [2.05, 4.69) is 64.0 Å². The standard InChI is InChI=1S/C35H42N8O3/c1-6-21-9-8-10-22(7-2)29(21)39-34(45)31-26-13-11-24-20-36-35(40-30(24)32(26)43(4)41-31)38-27-14-12-25(19-28(27)46-5)37-33(44)23-15-17-42(3)18-16-23/h8-10,12,14,19-20,23H,6-7,11,13,15-18H2,1-5H3,(H,37,44)(H,39,45)(H,36,38,40). The van der Waals surface area contributed by atoms with Gasteiger partial charge in [-0.1, -0.05) is 32.0 Å². The van der Waals surface area contributed by atoms with E-state index in [1.165, 1.54) is 0 Å². The van der Waals surface area contributed by atoms with Gasteiger partial charge in [-0.05, 0) is 87.5 Å². The summed E-state index contributed by atoms with van der Waals surface area (Å²) in [6, 6.07) is 11.7. The second-order valence-corrected chi connectivity index (χ2v) is 12.1. The summed E-state index contributed by atoms with van der Waals surface area (Å²) in [6.07, 6.45) is 6.56. The molecule has 3 heterocycles. The first-order valence-corrected chi connectivity index (χ1v) is 16.1. The quantitative estimate of drug-likeness (QED) is 0.227. The number of ether oxygens (including phenoxy) is 1. The number of aromatic nitrogens is 4. The molecule has 2 aromatic heterocycles. The Balaban J connectivity index is 1.22. The van der Waals surface area contributed by atoms with Crippen LogP contribution < -0.4 is 20.7 Å². The number of carbonyl (C=O) groups is 2.